The maximum Gasteiger partial charge on any atom is 0.339 e. The monoisotopic (exact) mass is 268 g/mol. The van der Waals surface area contributed by atoms with Crippen LogP contribution in [-0.2, 0) is 0 Å². The largest absolute Gasteiger partial charge is 0.478 e. The zero-order chi connectivity index (χ0) is 14.4. The van der Waals surface area contributed by atoms with Crippen LogP contribution in [0.1, 0.15) is 50.4 Å². The minimum Gasteiger partial charge on any atom is -0.478 e. The van der Waals surface area contributed by atoms with Crippen molar-refractivity contribution in [1.29, 1.82) is 0 Å². The van der Waals surface area contributed by atoms with Gasteiger partial charge in [0.15, 0.2) is 0 Å². The fourth-order valence-electron chi connectivity index (χ4n) is 1.90. The van der Waals surface area contributed by atoms with E-state index in [4.69, 9.17) is 0 Å². The highest BCUT2D eigenvalue weighted by atomic mass is 19.1. The molecule has 0 aliphatic heterocycles. The van der Waals surface area contributed by atoms with E-state index in [1.165, 1.54) is 0 Å². The first-order valence-corrected chi connectivity index (χ1v) is 6.66. The summed E-state index contributed by atoms with van der Waals surface area (Å²) in [7, 11) is 0. The van der Waals surface area contributed by atoms with Gasteiger partial charge >= 0.3 is 5.97 Å². The zero-order valence-electron chi connectivity index (χ0n) is 11.7. The number of carbonyl (C=O) groups is 1. The molecule has 1 N–H and O–H groups in total. The lowest BCUT2D eigenvalue weighted by atomic mass is 10.1. The average Bonchev–Trinajstić information content (AvgIpc) is 2.39. The summed E-state index contributed by atoms with van der Waals surface area (Å²) in [5.74, 6) is -1.41. The molecule has 0 aromatic carbocycles. The molecule has 0 spiro atoms. The molecule has 1 heterocycles. The lowest BCUT2D eigenvalue weighted by molar-refractivity contribution is 0.0696. The molecule has 1 atom stereocenters. The van der Waals surface area contributed by atoms with Gasteiger partial charge in [0.1, 0.15) is 17.2 Å². The number of pyridine rings is 1. The molecule has 4 nitrogen and oxygen atoms in total. The van der Waals surface area contributed by atoms with Gasteiger partial charge < -0.3 is 10.0 Å². The molecule has 106 valence electrons. The smallest absolute Gasteiger partial charge is 0.339 e. The van der Waals surface area contributed by atoms with E-state index >= 15 is 0 Å². The number of unbranched alkanes of at least 4 members (excludes halogenated alkanes) is 1. The molecule has 0 saturated heterocycles. The maximum absolute atomic E-state index is 13.2. The topological polar surface area (TPSA) is 53.4 Å². The molecule has 0 saturated carbocycles. The van der Waals surface area contributed by atoms with Gasteiger partial charge in [-0.05, 0) is 25.8 Å². The van der Waals surface area contributed by atoms with E-state index < -0.39 is 11.8 Å². The second kappa shape index (κ2) is 7.07. The van der Waals surface area contributed by atoms with Crippen LogP contribution >= 0.6 is 0 Å². The third-order valence-electron chi connectivity index (χ3n) is 3.21. The van der Waals surface area contributed by atoms with Gasteiger partial charge in [-0.3, -0.25) is 0 Å². The minimum atomic E-state index is -1.15. The fraction of sp³-hybridized carbons (Fsp3) is 0.571. The van der Waals surface area contributed by atoms with Crippen molar-refractivity contribution in [3.05, 3.63) is 23.6 Å². The molecule has 5 heteroatoms. The SMILES string of the molecule is CCCCN(c1ncc(F)cc1C(=O)O)C(C)CC. The Balaban J connectivity index is 3.17. The van der Waals surface area contributed by atoms with E-state index in [9.17, 15) is 14.3 Å². The highest BCUT2D eigenvalue weighted by Crippen LogP contribution is 2.22. The number of rotatable bonds is 7. The highest BCUT2D eigenvalue weighted by Gasteiger charge is 2.21. The average molecular weight is 268 g/mol. The summed E-state index contributed by atoms with van der Waals surface area (Å²) >= 11 is 0. The number of halogens is 1. The summed E-state index contributed by atoms with van der Waals surface area (Å²) in [6.07, 6.45) is 3.91. The van der Waals surface area contributed by atoms with E-state index in [-0.39, 0.29) is 11.6 Å². The van der Waals surface area contributed by atoms with Gasteiger partial charge in [0.25, 0.3) is 0 Å². The van der Waals surface area contributed by atoms with Crippen LogP contribution in [0.5, 0.6) is 0 Å². The number of nitrogens with zero attached hydrogens (tertiary/aromatic N) is 2. The molecule has 1 aromatic rings. The first-order valence-electron chi connectivity index (χ1n) is 6.66. The Labute approximate surface area is 113 Å². The second-order valence-corrected chi connectivity index (χ2v) is 4.63. The number of aromatic carboxylic acids is 1. The highest BCUT2D eigenvalue weighted by molar-refractivity contribution is 5.93. The van der Waals surface area contributed by atoms with Crippen molar-refractivity contribution in [3.63, 3.8) is 0 Å². The van der Waals surface area contributed by atoms with Gasteiger partial charge in [0.2, 0.25) is 0 Å². The minimum absolute atomic E-state index is 0.0728. The van der Waals surface area contributed by atoms with Crippen molar-refractivity contribution >= 4 is 11.8 Å². The molecule has 0 aliphatic carbocycles. The Morgan fingerprint density at radius 2 is 2.21 bits per heavy atom. The van der Waals surface area contributed by atoms with Crippen molar-refractivity contribution in [1.82, 2.24) is 4.98 Å². The predicted molar refractivity (Wildman–Crippen MR) is 73.2 cm³/mol. The third kappa shape index (κ3) is 3.91. The number of hydrogen-bond acceptors (Lipinski definition) is 3. The number of carboxylic acid groups (broad SMARTS) is 1. The number of aromatic nitrogens is 1. The molecule has 0 aliphatic rings. The van der Waals surface area contributed by atoms with Crippen molar-refractivity contribution in [2.24, 2.45) is 0 Å². The predicted octanol–water partition coefficient (Wildman–Crippen LogP) is 3.32. The number of carboxylic acids is 1. The lowest BCUT2D eigenvalue weighted by Gasteiger charge is -2.30. The van der Waals surface area contributed by atoms with Crippen molar-refractivity contribution in [2.75, 3.05) is 11.4 Å². The Morgan fingerprint density at radius 3 is 2.74 bits per heavy atom. The summed E-state index contributed by atoms with van der Waals surface area (Å²) in [5.41, 5.74) is -0.0728. The molecular formula is C14H21FN2O2. The van der Waals surface area contributed by atoms with Crippen LogP contribution in [0, 0.1) is 5.82 Å². The van der Waals surface area contributed by atoms with Crippen LogP contribution in [0.3, 0.4) is 0 Å². The van der Waals surface area contributed by atoms with Crippen LogP contribution in [0.25, 0.3) is 0 Å². The number of anilines is 1. The standard InChI is InChI=1S/C14H21FN2O2/c1-4-6-7-17(10(3)5-2)13-12(14(18)19)8-11(15)9-16-13/h8-10H,4-7H2,1-3H3,(H,18,19). The molecule has 1 aromatic heterocycles. The normalized spacial score (nSPS) is 12.2. The van der Waals surface area contributed by atoms with Gasteiger partial charge in [0.05, 0.1) is 6.20 Å². The van der Waals surface area contributed by atoms with E-state index in [0.717, 1.165) is 38.1 Å². The Hall–Kier alpha value is -1.65. The quantitative estimate of drug-likeness (QED) is 0.824. The second-order valence-electron chi connectivity index (χ2n) is 4.63. The molecule has 0 fully saturated rings. The van der Waals surface area contributed by atoms with E-state index in [1.807, 2.05) is 18.7 Å². The van der Waals surface area contributed by atoms with Crippen LogP contribution < -0.4 is 4.90 Å². The summed E-state index contributed by atoms with van der Waals surface area (Å²) in [6, 6.07) is 1.20. The summed E-state index contributed by atoms with van der Waals surface area (Å²) in [5, 5.41) is 9.19. The fourth-order valence-corrected chi connectivity index (χ4v) is 1.90. The maximum atomic E-state index is 13.2. The first-order chi connectivity index (χ1) is 9.01. The molecule has 0 radical (unpaired) electrons. The van der Waals surface area contributed by atoms with Crippen LogP contribution in [0.2, 0.25) is 0 Å². The van der Waals surface area contributed by atoms with Gasteiger partial charge in [-0.15, -0.1) is 0 Å². The molecule has 19 heavy (non-hydrogen) atoms. The van der Waals surface area contributed by atoms with Crippen molar-refractivity contribution < 1.29 is 14.3 Å². The van der Waals surface area contributed by atoms with Gasteiger partial charge in [0, 0.05) is 12.6 Å². The molecular weight excluding hydrogens is 247 g/mol. The zero-order valence-corrected chi connectivity index (χ0v) is 11.7. The molecule has 1 unspecified atom stereocenters. The molecule has 1 rings (SSSR count). The Morgan fingerprint density at radius 1 is 1.53 bits per heavy atom. The Kier molecular flexibility index (Phi) is 5.73. The van der Waals surface area contributed by atoms with Crippen LogP contribution in [0.15, 0.2) is 12.3 Å². The first kappa shape index (κ1) is 15.4. The van der Waals surface area contributed by atoms with Gasteiger partial charge in [-0.1, -0.05) is 20.3 Å². The lowest BCUT2D eigenvalue weighted by Crippen LogP contribution is -2.35. The van der Waals surface area contributed by atoms with Crippen molar-refractivity contribution in [3.8, 4) is 0 Å². The van der Waals surface area contributed by atoms with Crippen molar-refractivity contribution in [2.45, 2.75) is 46.1 Å². The van der Waals surface area contributed by atoms with Crippen LogP contribution in [-0.4, -0.2) is 28.6 Å². The third-order valence-corrected chi connectivity index (χ3v) is 3.21. The summed E-state index contributed by atoms with van der Waals surface area (Å²) < 4.78 is 13.2. The Bertz CT molecular complexity index is 437. The van der Waals surface area contributed by atoms with E-state index in [1.54, 1.807) is 0 Å². The van der Waals surface area contributed by atoms with Crippen LogP contribution in [0.4, 0.5) is 10.2 Å². The van der Waals surface area contributed by atoms with Gasteiger partial charge in [-0.2, -0.15) is 0 Å². The molecule has 0 amide bonds. The number of hydrogen-bond donors (Lipinski definition) is 1. The molecule has 0 bridgehead atoms. The van der Waals surface area contributed by atoms with E-state index in [2.05, 4.69) is 11.9 Å². The van der Waals surface area contributed by atoms with E-state index in [0.29, 0.717) is 5.82 Å². The summed E-state index contributed by atoms with van der Waals surface area (Å²) in [4.78, 5) is 17.2. The van der Waals surface area contributed by atoms with Gasteiger partial charge in [-0.25, -0.2) is 14.2 Å². The summed E-state index contributed by atoms with van der Waals surface area (Å²) in [6.45, 7) is 6.86.